The maximum Gasteiger partial charge on any atom is 0.416 e. The normalized spacial score (nSPS) is 12.5. The standard InChI is InChI=1S/C20H28F3NO3/c1-3-4-5-6-7-8-12-17(19(26)27-2)24-18(25)14-15-10-9-11-16(13-15)20(21,22)23/h9-11,13,17H,3-8,12,14H2,1-2H3,(H,24,25)/t17-/m0/s1. The van der Waals surface area contributed by atoms with E-state index in [1.165, 1.54) is 25.7 Å². The van der Waals surface area contributed by atoms with Crippen LogP contribution in [0, 0.1) is 0 Å². The highest BCUT2D eigenvalue weighted by atomic mass is 19.4. The summed E-state index contributed by atoms with van der Waals surface area (Å²) < 4.78 is 43.0. The Kier molecular flexibility index (Phi) is 9.89. The Bertz CT molecular complexity index is 602. The highest BCUT2D eigenvalue weighted by Crippen LogP contribution is 2.29. The number of rotatable bonds is 11. The number of halogens is 3. The van der Waals surface area contributed by atoms with Crippen LogP contribution in [0.2, 0.25) is 0 Å². The van der Waals surface area contributed by atoms with Gasteiger partial charge in [0.15, 0.2) is 0 Å². The minimum atomic E-state index is -4.46. The molecule has 0 aliphatic rings. The number of carbonyl (C=O) groups excluding carboxylic acids is 2. The fourth-order valence-electron chi connectivity index (χ4n) is 2.81. The van der Waals surface area contributed by atoms with E-state index in [9.17, 15) is 22.8 Å². The first-order valence-corrected chi connectivity index (χ1v) is 9.31. The number of unbranched alkanes of at least 4 members (excludes halogenated alkanes) is 5. The van der Waals surface area contributed by atoms with Gasteiger partial charge in [-0.3, -0.25) is 4.79 Å². The molecule has 0 radical (unpaired) electrons. The molecule has 7 heteroatoms. The summed E-state index contributed by atoms with van der Waals surface area (Å²) in [5.41, 5.74) is -0.560. The molecule has 1 atom stereocenters. The first kappa shape index (κ1) is 23.0. The van der Waals surface area contributed by atoms with Crippen molar-refractivity contribution in [2.24, 2.45) is 0 Å². The van der Waals surface area contributed by atoms with E-state index >= 15 is 0 Å². The lowest BCUT2D eigenvalue weighted by molar-refractivity contribution is -0.145. The minimum absolute atomic E-state index is 0.228. The van der Waals surface area contributed by atoms with Crippen molar-refractivity contribution in [3.05, 3.63) is 35.4 Å². The zero-order chi connectivity index (χ0) is 20.3. The number of hydrogen-bond donors (Lipinski definition) is 1. The third-order valence-electron chi connectivity index (χ3n) is 4.29. The summed E-state index contributed by atoms with van der Waals surface area (Å²) in [5.74, 6) is -1.04. The van der Waals surface area contributed by atoms with Gasteiger partial charge in [0.05, 0.1) is 19.1 Å². The lowest BCUT2D eigenvalue weighted by Crippen LogP contribution is -2.42. The summed E-state index contributed by atoms with van der Waals surface area (Å²) in [6.07, 6.45) is 2.02. The predicted octanol–water partition coefficient (Wildman–Crippen LogP) is 4.66. The maximum absolute atomic E-state index is 12.8. The number of hydrogen-bond acceptors (Lipinski definition) is 3. The van der Waals surface area contributed by atoms with Gasteiger partial charge in [0.2, 0.25) is 5.91 Å². The van der Waals surface area contributed by atoms with Crippen LogP contribution >= 0.6 is 0 Å². The lowest BCUT2D eigenvalue weighted by atomic mass is 10.0. The van der Waals surface area contributed by atoms with Crippen molar-refractivity contribution in [1.29, 1.82) is 0 Å². The van der Waals surface area contributed by atoms with Crippen molar-refractivity contribution < 1.29 is 27.5 Å². The molecule has 0 saturated carbocycles. The van der Waals surface area contributed by atoms with Gasteiger partial charge in [-0.1, -0.05) is 63.6 Å². The lowest BCUT2D eigenvalue weighted by Gasteiger charge is -2.17. The number of esters is 1. The van der Waals surface area contributed by atoms with Crippen LogP contribution in [0.15, 0.2) is 24.3 Å². The molecule has 4 nitrogen and oxygen atoms in total. The van der Waals surface area contributed by atoms with E-state index in [0.29, 0.717) is 6.42 Å². The van der Waals surface area contributed by atoms with Crippen molar-refractivity contribution in [2.75, 3.05) is 7.11 Å². The SMILES string of the molecule is CCCCCCCC[C@H](NC(=O)Cc1cccc(C(F)(F)F)c1)C(=O)OC. The van der Waals surface area contributed by atoms with Crippen LogP contribution in [0.4, 0.5) is 13.2 Å². The summed E-state index contributed by atoms with van der Waals surface area (Å²) in [6.45, 7) is 2.13. The number of carbonyl (C=O) groups is 2. The molecule has 0 aliphatic carbocycles. The van der Waals surface area contributed by atoms with E-state index in [0.717, 1.165) is 44.2 Å². The van der Waals surface area contributed by atoms with Gasteiger partial charge in [0.1, 0.15) is 6.04 Å². The zero-order valence-electron chi connectivity index (χ0n) is 15.9. The zero-order valence-corrected chi connectivity index (χ0v) is 15.9. The monoisotopic (exact) mass is 387 g/mol. The first-order chi connectivity index (χ1) is 12.8. The second-order valence-corrected chi connectivity index (χ2v) is 6.57. The van der Waals surface area contributed by atoms with E-state index in [1.54, 1.807) is 0 Å². The minimum Gasteiger partial charge on any atom is -0.467 e. The fraction of sp³-hybridized carbons (Fsp3) is 0.600. The Hall–Kier alpha value is -2.05. The molecule has 0 spiro atoms. The molecule has 0 saturated heterocycles. The van der Waals surface area contributed by atoms with Crippen LogP contribution in [-0.2, 0) is 26.9 Å². The molecule has 1 aromatic rings. The summed E-state index contributed by atoms with van der Waals surface area (Å²) >= 11 is 0. The van der Waals surface area contributed by atoms with Gasteiger partial charge in [-0.2, -0.15) is 13.2 Å². The maximum atomic E-state index is 12.8. The average Bonchev–Trinajstić information content (AvgIpc) is 2.62. The van der Waals surface area contributed by atoms with Crippen LogP contribution in [0.3, 0.4) is 0 Å². The number of nitrogens with one attached hydrogen (secondary N) is 1. The number of ether oxygens (including phenoxy) is 1. The predicted molar refractivity (Wildman–Crippen MR) is 97.1 cm³/mol. The summed E-state index contributed by atoms with van der Waals surface area (Å²) in [4.78, 5) is 24.0. The van der Waals surface area contributed by atoms with Gasteiger partial charge < -0.3 is 10.1 Å². The number of methoxy groups -OCH3 is 1. The molecule has 1 aromatic carbocycles. The Balaban J connectivity index is 2.57. The van der Waals surface area contributed by atoms with E-state index in [2.05, 4.69) is 12.2 Å². The number of amides is 1. The Morgan fingerprint density at radius 3 is 2.41 bits per heavy atom. The second-order valence-electron chi connectivity index (χ2n) is 6.57. The van der Waals surface area contributed by atoms with Crippen molar-refractivity contribution in [3.8, 4) is 0 Å². The van der Waals surface area contributed by atoms with E-state index < -0.39 is 29.7 Å². The third kappa shape index (κ3) is 8.93. The molecule has 1 N–H and O–H groups in total. The van der Waals surface area contributed by atoms with Gasteiger partial charge >= 0.3 is 12.1 Å². The largest absolute Gasteiger partial charge is 0.467 e. The molecular formula is C20H28F3NO3. The number of alkyl halides is 3. The average molecular weight is 387 g/mol. The number of benzene rings is 1. The van der Waals surface area contributed by atoms with Crippen molar-refractivity contribution in [2.45, 2.75) is 70.5 Å². The molecule has 0 unspecified atom stereocenters. The van der Waals surface area contributed by atoms with Gasteiger partial charge in [0.25, 0.3) is 0 Å². The topological polar surface area (TPSA) is 55.4 Å². The van der Waals surface area contributed by atoms with Crippen molar-refractivity contribution >= 4 is 11.9 Å². The molecule has 1 rings (SSSR count). The van der Waals surface area contributed by atoms with E-state index in [1.807, 2.05) is 0 Å². The van der Waals surface area contributed by atoms with Crippen LogP contribution in [0.25, 0.3) is 0 Å². The van der Waals surface area contributed by atoms with Crippen LogP contribution < -0.4 is 5.32 Å². The molecule has 152 valence electrons. The van der Waals surface area contributed by atoms with Crippen LogP contribution in [0.5, 0.6) is 0 Å². The van der Waals surface area contributed by atoms with E-state index in [-0.39, 0.29) is 12.0 Å². The summed E-state index contributed by atoms with van der Waals surface area (Å²) in [6, 6.07) is 3.84. The van der Waals surface area contributed by atoms with Crippen LogP contribution in [0.1, 0.15) is 63.0 Å². The van der Waals surface area contributed by atoms with Crippen LogP contribution in [-0.4, -0.2) is 25.0 Å². The molecule has 0 heterocycles. The van der Waals surface area contributed by atoms with Gasteiger partial charge in [0, 0.05) is 0 Å². The third-order valence-corrected chi connectivity index (χ3v) is 4.29. The first-order valence-electron chi connectivity index (χ1n) is 9.31. The molecular weight excluding hydrogens is 359 g/mol. The van der Waals surface area contributed by atoms with Crippen molar-refractivity contribution in [1.82, 2.24) is 5.32 Å². The smallest absolute Gasteiger partial charge is 0.416 e. The van der Waals surface area contributed by atoms with E-state index in [4.69, 9.17) is 4.74 Å². The van der Waals surface area contributed by atoms with Crippen molar-refractivity contribution in [3.63, 3.8) is 0 Å². The Morgan fingerprint density at radius 1 is 1.11 bits per heavy atom. The highest BCUT2D eigenvalue weighted by Gasteiger charge is 2.30. The second kappa shape index (κ2) is 11.6. The Labute approximate surface area is 158 Å². The quantitative estimate of drug-likeness (QED) is 0.444. The Morgan fingerprint density at radius 2 is 1.78 bits per heavy atom. The van der Waals surface area contributed by atoms with Gasteiger partial charge in [-0.05, 0) is 18.1 Å². The molecule has 1 amide bonds. The van der Waals surface area contributed by atoms with Gasteiger partial charge in [-0.15, -0.1) is 0 Å². The fourth-order valence-corrected chi connectivity index (χ4v) is 2.81. The molecule has 0 bridgehead atoms. The van der Waals surface area contributed by atoms with Gasteiger partial charge in [-0.25, -0.2) is 4.79 Å². The molecule has 0 aromatic heterocycles. The summed E-state index contributed by atoms with van der Waals surface area (Å²) in [5, 5.41) is 2.58. The highest BCUT2D eigenvalue weighted by molar-refractivity contribution is 5.85. The molecule has 27 heavy (non-hydrogen) atoms. The summed E-state index contributed by atoms with van der Waals surface area (Å²) in [7, 11) is 1.25. The molecule has 0 aliphatic heterocycles. The molecule has 0 fully saturated rings.